The first kappa shape index (κ1) is 21.8. The van der Waals surface area contributed by atoms with Crippen LogP contribution in [-0.4, -0.2) is 36.4 Å². The fourth-order valence-electron chi connectivity index (χ4n) is 3.82. The maximum absolute atomic E-state index is 12.7. The first-order chi connectivity index (χ1) is 15.5. The number of rotatable bonds is 7. The minimum Gasteiger partial charge on any atom is -0.471 e. The lowest BCUT2D eigenvalue weighted by Crippen LogP contribution is -2.26. The second-order valence-electron chi connectivity index (χ2n) is 7.81. The molecule has 3 aromatic rings. The molecule has 0 unspecified atom stereocenters. The van der Waals surface area contributed by atoms with Crippen molar-refractivity contribution in [1.82, 2.24) is 4.98 Å². The molecular weight excluding hydrogens is 426 g/mol. The molecule has 164 valence electrons. The molecule has 2 heterocycles. The van der Waals surface area contributed by atoms with Crippen molar-refractivity contribution in [2.45, 2.75) is 25.9 Å². The molecule has 4 rings (SSSR count). The van der Waals surface area contributed by atoms with E-state index in [0.29, 0.717) is 23.0 Å². The van der Waals surface area contributed by atoms with Gasteiger partial charge in [0, 0.05) is 42.5 Å². The number of carbonyl (C=O) groups excluding carboxylic acids is 2. The number of aldehydes is 1. The van der Waals surface area contributed by atoms with Crippen LogP contribution < -0.4 is 15.0 Å². The number of aryl methyl sites for hydroxylation is 1. The third-order valence-corrected chi connectivity index (χ3v) is 5.66. The van der Waals surface area contributed by atoms with Crippen LogP contribution in [0.15, 0.2) is 60.8 Å². The summed E-state index contributed by atoms with van der Waals surface area (Å²) < 4.78 is 6.02. The minimum atomic E-state index is -0.211. The van der Waals surface area contributed by atoms with Crippen molar-refractivity contribution in [2.24, 2.45) is 0 Å². The fourth-order valence-corrected chi connectivity index (χ4v) is 4.09. The van der Waals surface area contributed by atoms with Crippen LogP contribution in [0.3, 0.4) is 0 Å². The third-order valence-electron chi connectivity index (χ3n) is 5.38. The monoisotopic (exact) mass is 449 g/mol. The second kappa shape index (κ2) is 9.83. The Kier molecular flexibility index (Phi) is 6.71. The van der Waals surface area contributed by atoms with Gasteiger partial charge in [0.05, 0.1) is 6.54 Å². The maximum atomic E-state index is 12.7. The van der Waals surface area contributed by atoms with Crippen molar-refractivity contribution in [3.05, 3.63) is 82.5 Å². The second-order valence-corrected chi connectivity index (χ2v) is 8.22. The summed E-state index contributed by atoms with van der Waals surface area (Å²) >= 11 is 6.26. The minimum absolute atomic E-state index is 0.0622. The molecule has 0 spiro atoms. The van der Waals surface area contributed by atoms with Gasteiger partial charge >= 0.3 is 0 Å². The van der Waals surface area contributed by atoms with Gasteiger partial charge in [0.25, 0.3) is 5.91 Å². The van der Waals surface area contributed by atoms with Crippen LogP contribution in [0.1, 0.15) is 27.9 Å². The molecule has 1 N–H and O–H groups in total. The molecular formula is C25H24ClN3O3. The van der Waals surface area contributed by atoms with E-state index >= 15 is 0 Å². The number of carbonyl (C=O) groups is 2. The Balaban J connectivity index is 1.48. The number of hydrogen-bond donors (Lipinski definition) is 1. The summed E-state index contributed by atoms with van der Waals surface area (Å²) in [5.74, 6) is 0.225. The Morgan fingerprint density at radius 2 is 2.06 bits per heavy atom. The number of hydrogen-bond acceptors (Lipinski definition) is 5. The summed E-state index contributed by atoms with van der Waals surface area (Å²) in [6.45, 7) is 3.35. The molecule has 6 nitrogen and oxygen atoms in total. The largest absolute Gasteiger partial charge is 0.471 e. The highest BCUT2D eigenvalue weighted by atomic mass is 35.5. The molecule has 2 aromatic carbocycles. The van der Waals surface area contributed by atoms with Gasteiger partial charge in [0.1, 0.15) is 17.4 Å². The van der Waals surface area contributed by atoms with Crippen LogP contribution in [-0.2, 0) is 11.2 Å². The highest BCUT2D eigenvalue weighted by Gasteiger charge is 2.27. The van der Waals surface area contributed by atoms with Gasteiger partial charge in [-0.25, -0.2) is 4.98 Å². The summed E-state index contributed by atoms with van der Waals surface area (Å²) in [4.78, 5) is 30.4. The van der Waals surface area contributed by atoms with Crippen LogP contribution in [0.5, 0.6) is 5.88 Å². The van der Waals surface area contributed by atoms with Gasteiger partial charge in [-0.1, -0.05) is 29.8 Å². The SMILES string of the molecule is Cc1cnc(O[C@H]2CCN(c3ccc(C(=O)Nc4ccccc4)cc3CC=O)C2)c(Cl)c1. The number of benzene rings is 2. The summed E-state index contributed by atoms with van der Waals surface area (Å²) in [5.41, 5.74) is 3.96. The van der Waals surface area contributed by atoms with Gasteiger partial charge in [-0.2, -0.15) is 0 Å². The van der Waals surface area contributed by atoms with E-state index in [0.717, 1.165) is 41.8 Å². The number of amides is 1. The van der Waals surface area contributed by atoms with Crippen LogP contribution >= 0.6 is 11.6 Å². The van der Waals surface area contributed by atoms with Gasteiger partial charge in [0.15, 0.2) is 0 Å². The molecule has 0 radical (unpaired) electrons. The van der Waals surface area contributed by atoms with Crippen molar-refractivity contribution >= 4 is 35.2 Å². The quantitative estimate of drug-likeness (QED) is 0.529. The van der Waals surface area contributed by atoms with E-state index in [1.165, 1.54) is 0 Å². The molecule has 1 aromatic heterocycles. The molecule has 1 aliphatic heterocycles. The molecule has 0 saturated carbocycles. The van der Waals surface area contributed by atoms with Crippen molar-refractivity contribution in [3.8, 4) is 5.88 Å². The Bertz CT molecular complexity index is 1120. The van der Waals surface area contributed by atoms with E-state index < -0.39 is 0 Å². The number of nitrogens with one attached hydrogen (secondary N) is 1. The van der Waals surface area contributed by atoms with E-state index in [-0.39, 0.29) is 18.4 Å². The van der Waals surface area contributed by atoms with Crippen LogP contribution in [0.25, 0.3) is 0 Å². The molecule has 1 fully saturated rings. The van der Waals surface area contributed by atoms with Crippen LogP contribution in [0, 0.1) is 6.92 Å². The highest BCUT2D eigenvalue weighted by Crippen LogP contribution is 2.30. The molecule has 0 bridgehead atoms. The van der Waals surface area contributed by atoms with E-state index in [2.05, 4.69) is 15.2 Å². The summed E-state index contributed by atoms with van der Waals surface area (Å²) in [7, 11) is 0. The smallest absolute Gasteiger partial charge is 0.255 e. The van der Waals surface area contributed by atoms with Gasteiger partial charge < -0.3 is 19.7 Å². The van der Waals surface area contributed by atoms with E-state index in [1.807, 2.05) is 49.4 Å². The van der Waals surface area contributed by atoms with Crippen molar-refractivity contribution in [2.75, 3.05) is 23.3 Å². The maximum Gasteiger partial charge on any atom is 0.255 e. The Morgan fingerprint density at radius 3 is 2.81 bits per heavy atom. The summed E-state index contributed by atoms with van der Waals surface area (Å²) in [6, 6.07) is 16.6. The molecule has 1 saturated heterocycles. The Morgan fingerprint density at radius 1 is 1.25 bits per heavy atom. The number of nitrogens with zero attached hydrogens (tertiary/aromatic N) is 2. The Hall–Kier alpha value is -3.38. The third kappa shape index (κ3) is 5.08. The lowest BCUT2D eigenvalue weighted by molar-refractivity contribution is -0.107. The number of anilines is 2. The highest BCUT2D eigenvalue weighted by molar-refractivity contribution is 6.31. The summed E-state index contributed by atoms with van der Waals surface area (Å²) in [5, 5.41) is 3.38. The Labute approximate surface area is 192 Å². The average Bonchev–Trinajstić information content (AvgIpc) is 3.25. The molecule has 1 atom stereocenters. The summed E-state index contributed by atoms with van der Waals surface area (Å²) in [6.07, 6.45) is 3.57. The van der Waals surface area contributed by atoms with Crippen LogP contribution in [0.2, 0.25) is 5.02 Å². The van der Waals surface area contributed by atoms with E-state index in [4.69, 9.17) is 16.3 Å². The zero-order chi connectivity index (χ0) is 22.5. The molecule has 1 amide bonds. The van der Waals surface area contributed by atoms with E-state index in [1.54, 1.807) is 18.3 Å². The van der Waals surface area contributed by atoms with Gasteiger partial charge in [-0.05, 0) is 54.4 Å². The van der Waals surface area contributed by atoms with Gasteiger partial charge in [0.2, 0.25) is 5.88 Å². The number of pyridine rings is 1. The van der Waals surface area contributed by atoms with Gasteiger partial charge in [-0.15, -0.1) is 0 Å². The number of para-hydroxylation sites is 1. The number of ether oxygens (including phenoxy) is 1. The average molecular weight is 450 g/mol. The number of aromatic nitrogens is 1. The lowest BCUT2D eigenvalue weighted by Gasteiger charge is -2.22. The van der Waals surface area contributed by atoms with E-state index in [9.17, 15) is 9.59 Å². The lowest BCUT2D eigenvalue weighted by atomic mass is 10.0. The predicted octanol–water partition coefficient (Wildman–Crippen LogP) is 4.69. The molecule has 7 heteroatoms. The molecule has 0 aliphatic carbocycles. The van der Waals surface area contributed by atoms with Crippen molar-refractivity contribution in [1.29, 1.82) is 0 Å². The standard InChI is InChI=1S/C25H24ClN3O3/c1-17-13-22(26)25(27-15-17)32-21-9-11-29(16-21)23-8-7-19(14-18(23)10-12-30)24(31)28-20-5-3-2-4-6-20/h2-8,12-15,21H,9-11,16H2,1H3,(H,28,31)/t21-/m0/s1. The van der Waals surface area contributed by atoms with Crippen molar-refractivity contribution < 1.29 is 14.3 Å². The van der Waals surface area contributed by atoms with Crippen molar-refractivity contribution in [3.63, 3.8) is 0 Å². The fraction of sp³-hybridized carbons (Fsp3) is 0.240. The zero-order valence-corrected chi connectivity index (χ0v) is 18.5. The normalized spacial score (nSPS) is 15.4. The predicted molar refractivity (Wildman–Crippen MR) is 126 cm³/mol. The molecule has 1 aliphatic rings. The zero-order valence-electron chi connectivity index (χ0n) is 17.8. The van der Waals surface area contributed by atoms with Crippen LogP contribution in [0.4, 0.5) is 11.4 Å². The topological polar surface area (TPSA) is 71.5 Å². The first-order valence-electron chi connectivity index (χ1n) is 10.5. The first-order valence-corrected chi connectivity index (χ1v) is 10.9. The number of halogens is 1. The van der Waals surface area contributed by atoms with Gasteiger partial charge in [-0.3, -0.25) is 4.79 Å². The molecule has 32 heavy (non-hydrogen) atoms.